The number of esters is 2. The molecule has 0 bridgehead atoms. The number of benzene rings is 1. The Hall–Kier alpha value is -4.04. The molecule has 1 fully saturated rings. The Labute approximate surface area is 289 Å². The number of hydrogen-bond donors (Lipinski definition) is 2. The van der Waals surface area contributed by atoms with E-state index in [0.717, 1.165) is 5.56 Å². The van der Waals surface area contributed by atoms with Gasteiger partial charge >= 0.3 is 18.0 Å². The standard InChI is InChI=1S/C22H31N5O4.C13H23NO4/c1-4-31-20(28)16-10-11-27-18(12-16)25-26-19(27)17(24-21(29)22(2,3)23)14-30-13-15-8-6-5-7-9-15;1-5-17-11(15)10-6-8-14(9-7-10)12(16)18-13(2,3)4/h5-9,16-17H,4,10-14,23H2,1-3H3,(H,24,29);10H,5-9H2,1-4H3/t16?,17-;/m1./s1. The third-order valence-corrected chi connectivity index (χ3v) is 7.97. The zero-order valence-corrected chi connectivity index (χ0v) is 30.0. The van der Waals surface area contributed by atoms with E-state index < -0.39 is 17.2 Å². The lowest BCUT2D eigenvalue weighted by atomic mass is 9.97. The van der Waals surface area contributed by atoms with Crippen LogP contribution in [0, 0.1) is 11.8 Å². The highest BCUT2D eigenvalue weighted by Crippen LogP contribution is 2.25. The highest BCUT2D eigenvalue weighted by atomic mass is 16.6. The molecule has 2 aliphatic heterocycles. The van der Waals surface area contributed by atoms with Crippen LogP contribution in [0.3, 0.4) is 0 Å². The maximum absolute atomic E-state index is 12.6. The number of rotatable bonds is 11. The third-order valence-electron chi connectivity index (χ3n) is 7.97. The number of hydrogen-bond acceptors (Lipinski definition) is 11. The van der Waals surface area contributed by atoms with Crippen molar-refractivity contribution in [3.63, 3.8) is 0 Å². The molecular formula is C35H54N6O8. The zero-order chi connectivity index (χ0) is 36.2. The van der Waals surface area contributed by atoms with Crippen LogP contribution in [-0.4, -0.2) is 87.7 Å². The number of piperidine rings is 1. The van der Waals surface area contributed by atoms with E-state index >= 15 is 0 Å². The van der Waals surface area contributed by atoms with Gasteiger partial charge < -0.3 is 39.5 Å². The van der Waals surface area contributed by atoms with Gasteiger partial charge in [0.25, 0.3) is 0 Å². The normalized spacial score (nSPS) is 17.1. The first-order valence-electron chi connectivity index (χ1n) is 17.1. The van der Waals surface area contributed by atoms with Gasteiger partial charge in [-0.25, -0.2) is 4.79 Å². The minimum atomic E-state index is -1.04. The molecule has 1 unspecified atom stereocenters. The van der Waals surface area contributed by atoms with Crippen molar-refractivity contribution in [1.29, 1.82) is 0 Å². The van der Waals surface area contributed by atoms with Crippen molar-refractivity contribution in [2.45, 2.75) is 104 Å². The number of nitrogens with two attached hydrogens (primary N) is 1. The second kappa shape index (κ2) is 18.1. The van der Waals surface area contributed by atoms with Crippen LogP contribution in [0.5, 0.6) is 0 Å². The molecule has 0 aliphatic carbocycles. The molecule has 1 aromatic heterocycles. The molecule has 3 N–H and O–H groups in total. The van der Waals surface area contributed by atoms with Crippen molar-refractivity contribution in [3.05, 3.63) is 47.5 Å². The lowest BCUT2D eigenvalue weighted by molar-refractivity contribution is -0.150. The van der Waals surface area contributed by atoms with Crippen molar-refractivity contribution < 1.29 is 38.1 Å². The van der Waals surface area contributed by atoms with Gasteiger partial charge in [0.2, 0.25) is 5.91 Å². The van der Waals surface area contributed by atoms with Gasteiger partial charge in [-0.15, -0.1) is 10.2 Å². The first-order chi connectivity index (χ1) is 23.1. The molecular weight excluding hydrogens is 632 g/mol. The molecule has 2 aromatic rings. The Bertz CT molecular complexity index is 1380. The lowest BCUT2D eigenvalue weighted by Gasteiger charge is -2.32. The van der Waals surface area contributed by atoms with Crippen molar-refractivity contribution in [2.24, 2.45) is 17.6 Å². The molecule has 0 spiro atoms. The van der Waals surface area contributed by atoms with E-state index in [1.807, 2.05) is 55.7 Å². The minimum Gasteiger partial charge on any atom is -0.466 e. The van der Waals surface area contributed by atoms with Crippen LogP contribution in [0.15, 0.2) is 30.3 Å². The summed E-state index contributed by atoms with van der Waals surface area (Å²) in [5, 5.41) is 11.5. The van der Waals surface area contributed by atoms with Crippen LogP contribution in [0.25, 0.3) is 0 Å². The average molecular weight is 687 g/mol. The van der Waals surface area contributed by atoms with Gasteiger partial charge in [0.05, 0.1) is 43.8 Å². The SMILES string of the molecule is CCOC(=O)C1CCN(C(=O)OC(C)(C)C)CC1.CCOC(=O)C1CCn2c(nnc2[C@@H](COCc2ccccc2)NC(=O)C(C)(C)N)C1. The van der Waals surface area contributed by atoms with Crippen LogP contribution in [0.1, 0.15) is 91.0 Å². The van der Waals surface area contributed by atoms with Gasteiger partial charge in [-0.1, -0.05) is 30.3 Å². The number of nitrogens with one attached hydrogen (secondary N) is 1. The average Bonchev–Trinajstić information content (AvgIpc) is 3.47. The van der Waals surface area contributed by atoms with E-state index in [-0.39, 0.29) is 42.4 Å². The molecule has 0 radical (unpaired) electrons. The number of fused-ring (bicyclic) bond motifs is 1. The number of amides is 2. The minimum absolute atomic E-state index is 0.0800. The largest absolute Gasteiger partial charge is 0.466 e. The molecule has 14 heteroatoms. The molecule has 49 heavy (non-hydrogen) atoms. The van der Waals surface area contributed by atoms with Gasteiger partial charge in [0.15, 0.2) is 5.82 Å². The smallest absolute Gasteiger partial charge is 0.410 e. The maximum Gasteiger partial charge on any atom is 0.410 e. The molecule has 4 rings (SSSR count). The Morgan fingerprint density at radius 2 is 1.49 bits per heavy atom. The van der Waals surface area contributed by atoms with Crippen molar-refractivity contribution in [1.82, 2.24) is 25.0 Å². The van der Waals surface area contributed by atoms with Crippen molar-refractivity contribution in [2.75, 3.05) is 32.9 Å². The summed E-state index contributed by atoms with van der Waals surface area (Å²) in [7, 11) is 0. The number of nitrogens with zero attached hydrogens (tertiary/aromatic N) is 4. The van der Waals surface area contributed by atoms with Crippen LogP contribution in [0.2, 0.25) is 0 Å². The monoisotopic (exact) mass is 686 g/mol. The number of carbonyl (C=O) groups excluding carboxylic acids is 4. The predicted molar refractivity (Wildman–Crippen MR) is 181 cm³/mol. The Kier molecular flexibility index (Phi) is 14.5. The quantitative estimate of drug-likeness (QED) is 0.260. The molecule has 2 aliphatic rings. The fourth-order valence-corrected chi connectivity index (χ4v) is 5.35. The summed E-state index contributed by atoms with van der Waals surface area (Å²) in [6.45, 7) is 15.5. The van der Waals surface area contributed by atoms with Crippen molar-refractivity contribution >= 4 is 23.9 Å². The van der Waals surface area contributed by atoms with Crippen molar-refractivity contribution in [3.8, 4) is 0 Å². The van der Waals surface area contributed by atoms with E-state index in [1.54, 1.807) is 32.6 Å². The number of ether oxygens (including phenoxy) is 4. The van der Waals surface area contributed by atoms with E-state index in [9.17, 15) is 19.2 Å². The molecule has 1 saturated heterocycles. The van der Waals surface area contributed by atoms with Crippen LogP contribution < -0.4 is 11.1 Å². The summed E-state index contributed by atoms with van der Waals surface area (Å²) in [5.74, 6) is 0.328. The topological polar surface area (TPSA) is 177 Å². The highest BCUT2D eigenvalue weighted by Gasteiger charge is 2.34. The van der Waals surface area contributed by atoms with Gasteiger partial charge in [-0.2, -0.15) is 0 Å². The third kappa shape index (κ3) is 12.4. The van der Waals surface area contributed by atoms with E-state index in [1.165, 1.54) is 0 Å². The zero-order valence-electron chi connectivity index (χ0n) is 30.0. The molecule has 272 valence electrons. The van der Waals surface area contributed by atoms with Gasteiger partial charge in [0.1, 0.15) is 17.5 Å². The fourth-order valence-electron chi connectivity index (χ4n) is 5.35. The van der Waals surface area contributed by atoms with Gasteiger partial charge in [0, 0.05) is 26.1 Å². The molecule has 2 atom stereocenters. The number of likely N-dealkylation sites (tertiary alicyclic amines) is 1. The van der Waals surface area contributed by atoms with E-state index in [2.05, 4.69) is 15.5 Å². The summed E-state index contributed by atoms with van der Waals surface area (Å²) in [6, 6.07) is 9.28. The summed E-state index contributed by atoms with van der Waals surface area (Å²) in [4.78, 5) is 49.7. The summed E-state index contributed by atoms with van der Waals surface area (Å²) >= 11 is 0. The van der Waals surface area contributed by atoms with Gasteiger partial charge in [-0.05, 0) is 73.3 Å². The van der Waals surface area contributed by atoms with Gasteiger partial charge in [-0.3, -0.25) is 14.4 Å². The second-order valence-electron chi connectivity index (χ2n) is 13.8. The Morgan fingerprint density at radius 3 is 2.06 bits per heavy atom. The second-order valence-corrected chi connectivity index (χ2v) is 13.8. The highest BCUT2D eigenvalue weighted by molar-refractivity contribution is 5.85. The maximum atomic E-state index is 12.6. The summed E-state index contributed by atoms with van der Waals surface area (Å²) in [6.07, 6.45) is 2.09. The first kappa shape index (κ1) is 39.4. The van der Waals surface area contributed by atoms with E-state index in [4.69, 9.17) is 24.7 Å². The molecule has 2 amide bonds. The van der Waals surface area contributed by atoms with Crippen LogP contribution in [0.4, 0.5) is 4.79 Å². The molecule has 14 nitrogen and oxygen atoms in total. The Balaban J connectivity index is 0.000000308. The lowest BCUT2D eigenvalue weighted by Crippen LogP contribution is -2.51. The van der Waals surface area contributed by atoms with Crippen LogP contribution >= 0.6 is 0 Å². The number of carbonyl (C=O) groups is 4. The molecule has 1 aromatic carbocycles. The fraction of sp³-hybridized carbons (Fsp3) is 0.657. The van der Waals surface area contributed by atoms with E-state index in [0.29, 0.717) is 76.8 Å². The molecule has 0 saturated carbocycles. The Morgan fingerprint density at radius 1 is 0.898 bits per heavy atom. The first-order valence-corrected chi connectivity index (χ1v) is 17.1. The summed E-state index contributed by atoms with van der Waals surface area (Å²) in [5.41, 5.74) is 5.48. The molecule has 3 heterocycles. The number of aromatic nitrogens is 3. The van der Waals surface area contributed by atoms with Crippen LogP contribution in [-0.2, 0) is 52.9 Å². The summed E-state index contributed by atoms with van der Waals surface area (Å²) < 4.78 is 23.3. The predicted octanol–water partition coefficient (Wildman–Crippen LogP) is 3.71.